The Kier molecular flexibility index (Phi) is 12.8. The van der Waals surface area contributed by atoms with Gasteiger partial charge in [0.2, 0.25) is 5.91 Å². The first-order chi connectivity index (χ1) is 17.2. The van der Waals surface area contributed by atoms with E-state index in [1.54, 1.807) is 6.92 Å². The summed E-state index contributed by atoms with van der Waals surface area (Å²) in [4.78, 5) is 15.0. The molecule has 188 valence electrons. The molecule has 3 aromatic rings. The number of carbonyl (C=O) groups excluding carboxylic acids is 1. The van der Waals surface area contributed by atoms with Crippen LogP contribution in [0.25, 0.3) is 11.1 Å². The predicted octanol–water partition coefficient (Wildman–Crippen LogP) is 7.82. The van der Waals surface area contributed by atoms with Gasteiger partial charge in [0.05, 0.1) is 12.6 Å². The predicted molar refractivity (Wildman–Crippen MR) is 150 cm³/mol. The quantitative estimate of drug-likeness (QED) is 0.384. The fourth-order valence-electron chi connectivity index (χ4n) is 4.77. The fourth-order valence-corrected chi connectivity index (χ4v) is 4.77. The Morgan fingerprint density at radius 2 is 1.23 bits per heavy atom. The average molecular weight is 474 g/mol. The highest BCUT2D eigenvalue weighted by molar-refractivity contribution is 5.87. The van der Waals surface area contributed by atoms with E-state index in [0.717, 1.165) is 27.8 Å². The molecule has 3 aromatic carbocycles. The standard InChI is InChI=1S/C26H25NO2.3C2H6/c1-3-11-21(18-28)27(19(2)29)26(20-12-5-4-6-13-20)24-16-9-7-14-22(24)23-15-8-10-17-25(23)26;3*1-2/h3-17,21,28H,18H2,1-2H3;3*1-2H3/b11-3+;;;. The van der Waals surface area contributed by atoms with Gasteiger partial charge in [0.25, 0.3) is 0 Å². The Hall–Kier alpha value is -3.17. The molecule has 1 aliphatic rings. The topological polar surface area (TPSA) is 40.5 Å². The highest BCUT2D eigenvalue weighted by Gasteiger charge is 2.51. The van der Waals surface area contributed by atoms with Crippen molar-refractivity contribution in [3.8, 4) is 11.1 Å². The van der Waals surface area contributed by atoms with E-state index in [9.17, 15) is 9.90 Å². The molecule has 1 unspecified atom stereocenters. The third-order valence-electron chi connectivity index (χ3n) is 5.75. The molecule has 3 nitrogen and oxygen atoms in total. The van der Waals surface area contributed by atoms with Gasteiger partial charge >= 0.3 is 0 Å². The van der Waals surface area contributed by atoms with E-state index < -0.39 is 11.6 Å². The number of aliphatic hydroxyl groups is 1. The van der Waals surface area contributed by atoms with Gasteiger partial charge in [-0.3, -0.25) is 4.79 Å². The highest BCUT2D eigenvalue weighted by Crippen LogP contribution is 2.54. The average Bonchev–Trinajstić information content (AvgIpc) is 3.23. The monoisotopic (exact) mass is 473 g/mol. The van der Waals surface area contributed by atoms with Gasteiger partial charge in [-0.05, 0) is 34.7 Å². The number of benzene rings is 3. The maximum atomic E-state index is 13.2. The Morgan fingerprint density at radius 1 is 0.800 bits per heavy atom. The summed E-state index contributed by atoms with van der Waals surface area (Å²) in [6, 6.07) is 26.2. The molecule has 0 aromatic heterocycles. The van der Waals surface area contributed by atoms with Crippen molar-refractivity contribution in [3.05, 3.63) is 108 Å². The molecule has 0 saturated carbocycles. The van der Waals surface area contributed by atoms with Gasteiger partial charge < -0.3 is 10.0 Å². The van der Waals surface area contributed by atoms with E-state index in [1.165, 1.54) is 0 Å². The zero-order valence-electron chi connectivity index (χ0n) is 22.7. The van der Waals surface area contributed by atoms with Crippen LogP contribution in [-0.4, -0.2) is 28.6 Å². The number of nitrogens with zero attached hydrogens (tertiary/aromatic N) is 1. The second-order valence-electron chi connectivity index (χ2n) is 7.33. The summed E-state index contributed by atoms with van der Waals surface area (Å²) in [5.41, 5.74) is 4.56. The Balaban J connectivity index is 0.000000949. The van der Waals surface area contributed by atoms with Gasteiger partial charge in [-0.2, -0.15) is 0 Å². The van der Waals surface area contributed by atoms with E-state index in [2.05, 4.69) is 36.4 Å². The number of hydrogen-bond acceptors (Lipinski definition) is 2. The largest absolute Gasteiger partial charge is 0.394 e. The molecule has 35 heavy (non-hydrogen) atoms. The molecule has 3 heteroatoms. The van der Waals surface area contributed by atoms with Gasteiger partial charge in [0, 0.05) is 6.92 Å². The first-order valence-corrected chi connectivity index (χ1v) is 12.9. The summed E-state index contributed by atoms with van der Waals surface area (Å²) in [5, 5.41) is 10.2. The molecule has 0 radical (unpaired) electrons. The Bertz CT molecular complexity index is 1010. The molecule has 0 fully saturated rings. The summed E-state index contributed by atoms with van der Waals surface area (Å²) in [7, 11) is 0. The van der Waals surface area contributed by atoms with Gasteiger partial charge in [0.1, 0.15) is 5.54 Å². The van der Waals surface area contributed by atoms with Crippen LogP contribution >= 0.6 is 0 Å². The fraction of sp³-hybridized carbons (Fsp3) is 0.344. The van der Waals surface area contributed by atoms with Crippen LogP contribution in [0.2, 0.25) is 0 Å². The lowest BCUT2D eigenvalue weighted by Gasteiger charge is -2.46. The molecule has 1 aliphatic carbocycles. The summed E-state index contributed by atoms with van der Waals surface area (Å²) < 4.78 is 0. The number of fused-ring (bicyclic) bond motifs is 3. The van der Waals surface area contributed by atoms with E-state index in [4.69, 9.17) is 0 Å². The second-order valence-corrected chi connectivity index (χ2v) is 7.33. The van der Waals surface area contributed by atoms with E-state index >= 15 is 0 Å². The number of aliphatic hydroxyl groups excluding tert-OH is 1. The lowest BCUT2D eigenvalue weighted by atomic mass is 9.78. The molecule has 0 spiro atoms. The SMILES string of the molecule is C/C=C/C(CO)N(C(C)=O)C1(c2ccccc2)c2ccccc2-c2ccccc21.CC.CC.CC. The van der Waals surface area contributed by atoms with Crippen molar-refractivity contribution in [2.75, 3.05) is 6.61 Å². The van der Waals surface area contributed by atoms with Crippen LogP contribution in [0.1, 0.15) is 72.1 Å². The van der Waals surface area contributed by atoms with Crippen LogP contribution in [0.5, 0.6) is 0 Å². The minimum Gasteiger partial charge on any atom is -0.394 e. The molecule has 1 N–H and O–H groups in total. The Labute approximate surface area is 213 Å². The molecule has 1 amide bonds. The van der Waals surface area contributed by atoms with Crippen LogP contribution in [-0.2, 0) is 10.3 Å². The number of rotatable bonds is 5. The van der Waals surface area contributed by atoms with E-state index in [1.807, 2.05) is 108 Å². The molecule has 0 heterocycles. The second kappa shape index (κ2) is 15.0. The van der Waals surface area contributed by atoms with Crippen molar-refractivity contribution in [1.82, 2.24) is 4.90 Å². The molecule has 0 aliphatic heterocycles. The van der Waals surface area contributed by atoms with E-state index in [0.29, 0.717) is 0 Å². The van der Waals surface area contributed by atoms with Crippen LogP contribution in [0.15, 0.2) is 91.0 Å². The first kappa shape index (κ1) is 29.9. The van der Waals surface area contributed by atoms with Crippen molar-refractivity contribution >= 4 is 5.91 Å². The lowest BCUT2D eigenvalue weighted by molar-refractivity contribution is -0.135. The summed E-state index contributed by atoms with van der Waals surface area (Å²) in [5.74, 6) is -0.0856. The van der Waals surface area contributed by atoms with Gasteiger partial charge in [-0.15, -0.1) is 0 Å². The van der Waals surface area contributed by atoms with Crippen molar-refractivity contribution < 1.29 is 9.90 Å². The van der Waals surface area contributed by atoms with Crippen LogP contribution in [0, 0.1) is 0 Å². The minimum atomic E-state index is -0.812. The molecule has 0 bridgehead atoms. The molecular formula is C32H43NO2. The number of hydrogen-bond donors (Lipinski definition) is 1. The zero-order chi connectivity index (χ0) is 26.4. The van der Waals surface area contributed by atoms with Crippen LogP contribution in [0.3, 0.4) is 0 Å². The van der Waals surface area contributed by atoms with Crippen molar-refractivity contribution in [1.29, 1.82) is 0 Å². The third-order valence-corrected chi connectivity index (χ3v) is 5.75. The number of amides is 1. The first-order valence-electron chi connectivity index (χ1n) is 12.9. The molecule has 0 saturated heterocycles. The summed E-state index contributed by atoms with van der Waals surface area (Å²) in [6.45, 7) is 15.3. The van der Waals surface area contributed by atoms with Crippen molar-refractivity contribution in [2.24, 2.45) is 0 Å². The van der Waals surface area contributed by atoms with Crippen LogP contribution in [0.4, 0.5) is 0 Å². The Morgan fingerprint density at radius 3 is 1.63 bits per heavy atom. The number of carbonyl (C=O) groups is 1. The lowest BCUT2D eigenvalue weighted by Crippen LogP contribution is -2.55. The van der Waals surface area contributed by atoms with Gasteiger partial charge in [-0.1, -0.05) is 133 Å². The molecule has 4 rings (SSSR count). The normalized spacial score (nSPS) is 12.9. The van der Waals surface area contributed by atoms with Crippen molar-refractivity contribution in [3.63, 3.8) is 0 Å². The van der Waals surface area contributed by atoms with Crippen LogP contribution < -0.4 is 0 Å². The summed E-state index contributed by atoms with van der Waals surface area (Å²) >= 11 is 0. The maximum absolute atomic E-state index is 13.2. The van der Waals surface area contributed by atoms with E-state index in [-0.39, 0.29) is 12.5 Å². The molecule has 1 atom stereocenters. The maximum Gasteiger partial charge on any atom is 0.221 e. The third kappa shape index (κ3) is 5.57. The minimum absolute atomic E-state index is 0.0856. The number of allylic oxidation sites excluding steroid dienone is 1. The van der Waals surface area contributed by atoms with Gasteiger partial charge in [0.15, 0.2) is 0 Å². The van der Waals surface area contributed by atoms with Gasteiger partial charge in [-0.25, -0.2) is 0 Å². The molecular weight excluding hydrogens is 430 g/mol. The summed E-state index contributed by atoms with van der Waals surface area (Å²) in [6.07, 6.45) is 3.79. The van der Waals surface area contributed by atoms with Crippen molar-refractivity contribution in [2.45, 2.75) is 67.0 Å². The smallest absolute Gasteiger partial charge is 0.221 e. The zero-order valence-corrected chi connectivity index (χ0v) is 22.7. The highest BCUT2D eigenvalue weighted by atomic mass is 16.3.